The van der Waals surface area contributed by atoms with Gasteiger partial charge in [0.2, 0.25) is 0 Å². The van der Waals surface area contributed by atoms with E-state index in [0.717, 1.165) is 5.56 Å². The van der Waals surface area contributed by atoms with Crippen molar-refractivity contribution in [2.45, 2.75) is 4.90 Å². The van der Waals surface area contributed by atoms with Crippen LogP contribution < -0.4 is 0 Å². The molecule has 19 heavy (non-hydrogen) atoms. The van der Waals surface area contributed by atoms with Crippen LogP contribution in [0.5, 0.6) is 0 Å². The van der Waals surface area contributed by atoms with Crippen LogP contribution in [0.4, 0.5) is 0 Å². The highest BCUT2D eigenvalue weighted by molar-refractivity contribution is 7.94. The van der Waals surface area contributed by atoms with E-state index in [-0.39, 0.29) is 0 Å². The first-order valence-electron chi connectivity index (χ1n) is 5.88. The molecule has 0 aromatic heterocycles. The summed E-state index contributed by atoms with van der Waals surface area (Å²) < 4.78 is 23.8. The maximum absolute atomic E-state index is 11.9. The van der Waals surface area contributed by atoms with Crippen molar-refractivity contribution >= 4 is 15.9 Å². The molecule has 0 heterocycles. The third kappa shape index (κ3) is 3.93. The number of allylic oxidation sites excluding steroid dienone is 2. The fourth-order valence-electron chi connectivity index (χ4n) is 1.57. The zero-order valence-corrected chi connectivity index (χ0v) is 11.1. The predicted octanol–water partition coefficient (Wildman–Crippen LogP) is 3.69. The van der Waals surface area contributed by atoms with Crippen LogP contribution in [0.1, 0.15) is 5.56 Å². The number of rotatable bonds is 4. The first-order valence-corrected chi connectivity index (χ1v) is 7.43. The highest BCUT2D eigenvalue weighted by Gasteiger charge is 2.07. The SMILES string of the molecule is O=S(=O)(/C=C/C=C/c1ccccc1)c1ccccc1. The maximum atomic E-state index is 11.9. The summed E-state index contributed by atoms with van der Waals surface area (Å²) in [7, 11) is -3.35. The zero-order valence-electron chi connectivity index (χ0n) is 10.3. The zero-order chi connectivity index (χ0) is 13.6. The fraction of sp³-hybridized carbons (Fsp3) is 0. The molecule has 0 aliphatic carbocycles. The molecule has 0 saturated carbocycles. The Labute approximate surface area is 113 Å². The van der Waals surface area contributed by atoms with Crippen molar-refractivity contribution in [3.63, 3.8) is 0 Å². The van der Waals surface area contributed by atoms with Crippen molar-refractivity contribution in [2.24, 2.45) is 0 Å². The second-order valence-electron chi connectivity index (χ2n) is 3.96. The molecule has 0 unspecified atom stereocenters. The first kappa shape index (κ1) is 13.3. The van der Waals surface area contributed by atoms with E-state index < -0.39 is 9.84 Å². The van der Waals surface area contributed by atoms with Gasteiger partial charge in [-0.3, -0.25) is 0 Å². The van der Waals surface area contributed by atoms with E-state index in [4.69, 9.17) is 0 Å². The summed E-state index contributed by atoms with van der Waals surface area (Å²) in [5.74, 6) is 0. The van der Waals surface area contributed by atoms with E-state index >= 15 is 0 Å². The highest BCUT2D eigenvalue weighted by Crippen LogP contribution is 2.11. The molecule has 0 aliphatic heterocycles. The standard InChI is InChI=1S/C16H14O2S/c17-19(18,16-12-5-2-6-13-16)14-8-7-11-15-9-3-1-4-10-15/h1-14H/b11-7+,14-8+. The van der Waals surface area contributed by atoms with Crippen LogP contribution in [0.3, 0.4) is 0 Å². The molecule has 0 radical (unpaired) electrons. The Morgan fingerprint density at radius 1 is 0.737 bits per heavy atom. The second-order valence-corrected chi connectivity index (χ2v) is 5.79. The molecule has 0 aliphatic rings. The largest absolute Gasteiger partial charge is 0.219 e. The Hall–Kier alpha value is -2.13. The van der Waals surface area contributed by atoms with Gasteiger partial charge in [-0.2, -0.15) is 0 Å². The molecule has 0 spiro atoms. The minimum atomic E-state index is -3.35. The van der Waals surface area contributed by atoms with Gasteiger partial charge in [-0.05, 0) is 17.7 Å². The molecule has 0 N–H and O–H groups in total. The van der Waals surface area contributed by atoms with Gasteiger partial charge in [0, 0.05) is 5.41 Å². The van der Waals surface area contributed by atoms with Crippen LogP contribution >= 0.6 is 0 Å². The van der Waals surface area contributed by atoms with E-state index in [1.165, 1.54) is 11.5 Å². The van der Waals surface area contributed by atoms with Gasteiger partial charge in [-0.15, -0.1) is 0 Å². The summed E-state index contributed by atoms with van der Waals surface area (Å²) in [4.78, 5) is 0.305. The number of sulfone groups is 1. The molecule has 2 nitrogen and oxygen atoms in total. The molecule has 3 heteroatoms. The van der Waals surface area contributed by atoms with Crippen LogP contribution in [0, 0.1) is 0 Å². The molecule has 0 amide bonds. The van der Waals surface area contributed by atoms with Crippen LogP contribution in [-0.2, 0) is 9.84 Å². The Morgan fingerprint density at radius 3 is 1.95 bits per heavy atom. The van der Waals surface area contributed by atoms with Gasteiger partial charge in [-0.25, -0.2) is 8.42 Å². The van der Waals surface area contributed by atoms with E-state index in [1.54, 1.807) is 36.4 Å². The van der Waals surface area contributed by atoms with E-state index in [0.29, 0.717) is 4.90 Å². The number of hydrogen-bond acceptors (Lipinski definition) is 2. The second kappa shape index (κ2) is 6.16. The quantitative estimate of drug-likeness (QED) is 0.794. The summed E-state index contributed by atoms with van der Waals surface area (Å²) in [5.41, 5.74) is 1.03. The van der Waals surface area contributed by atoms with Gasteiger partial charge in [0.05, 0.1) is 4.90 Å². The van der Waals surface area contributed by atoms with Gasteiger partial charge in [0.25, 0.3) is 0 Å². The smallest absolute Gasteiger partial charge is 0.199 e. The summed E-state index contributed by atoms with van der Waals surface area (Å²) in [5, 5.41) is 1.21. The Morgan fingerprint density at radius 2 is 1.32 bits per heavy atom. The minimum absolute atomic E-state index is 0.305. The normalized spacial score (nSPS) is 12.2. The van der Waals surface area contributed by atoms with Crippen molar-refractivity contribution < 1.29 is 8.42 Å². The average Bonchev–Trinajstić information content (AvgIpc) is 2.46. The average molecular weight is 270 g/mol. The molecule has 2 aromatic carbocycles. The van der Waals surface area contributed by atoms with E-state index in [2.05, 4.69) is 0 Å². The minimum Gasteiger partial charge on any atom is -0.219 e. The van der Waals surface area contributed by atoms with Crippen LogP contribution in [-0.4, -0.2) is 8.42 Å². The molecule has 0 atom stereocenters. The fourth-order valence-corrected chi connectivity index (χ4v) is 2.56. The van der Waals surface area contributed by atoms with Crippen molar-refractivity contribution in [1.82, 2.24) is 0 Å². The highest BCUT2D eigenvalue weighted by atomic mass is 32.2. The van der Waals surface area contributed by atoms with Crippen LogP contribution in [0.15, 0.2) is 83.1 Å². The lowest BCUT2D eigenvalue weighted by molar-refractivity contribution is 0.604. The van der Waals surface area contributed by atoms with Gasteiger partial charge < -0.3 is 0 Å². The molecular weight excluding hydrogens is 256 g/mol. The molecule has 0 bridgehead atoms. The van der Waals surface area contributed by atoms with Crippen molar-refractivity contribution in [3.05, 3.63) is 83.8 Å². The Bertz CT molecular complexity index is 669. The summed E-state index contributed by atoms with van der Waals surface area (Å²) in [6, 6.07) is 18.1. The van der Waals surface area contributed by atoms with E-state index in [1.807, 2.05) is 36.4 Å². The van der Waals surface area contributed by atoms with Gasteiger partial charge in [-0.1, -0.05) is 66.8 Å². The van der Waals surface area contributed by atoms with Crippen molar-refractivity contribution in [1.29, 1.82) is 0 Å². The third-order valence-electron chi connectivity index (χ3n) is 2.53. The van der Waals surface area contributed by atoms with Crippen LogP contribution in [0.25, 0.3) is 6.08 Å². The number of benzene rings is 2. The summed E-state index contributed by atoms with van der Waals surface area (Å²) in [6.45, 7) is 0. The number of hydrogen-bond donors (Lipinski definition) is 0. The van der Waals surface area contributed by atoms with Gasteiger partial charge >= 0.3 is 0 Å². The molecule has 0 saturated heterocycles. The topological polar surface area (TPSA) is 34.1 Å². The monoisotopic (exact) mass is 270 g/mol. The van der Waals surface area contributed by atoms with Crippen molar-refractivity contribution in [3.8, 4) is 0 Å². The molecule has 0 fully saturated rings. The Kier molecular flexibility index (Phi) is 4.31. The van der Waals surface area contributed by atoms with Gasteiger partial charge in [0.15, 0.2) is 9.84 Å². The lowest BCUT2D eigenvalue weighted by Gasteiger charge is -1.96. The van der Waals surface area contributed by atoms with Crippen LogP contribution in [0.2, 0.25) is 0 Å². The summed E-state index contributed by atoms with van der Waals surface area (Å²) >= 11 is 0. The van der Waals surface area contributed by atoms with Crippen molar-refractivity contribution in [2.75, 3.05) is 0 Å². The third-order valence-corrected chi connectivity index (χ3v) is 3.97. The maximum Gasteiger partial charge on any atom is 0.199 e. The lowest BCUT2D eigenvalue weighted by atomic mass is 10.2. The van der Waals surface area contributed by atoms with Gasteiger partial charge in [0.1, 0.15) is 0 Å². The summed E-state index contributed by atoms with van der Waals surface area (Å²) in [6.07, 6.45) is 5.11. The lowest BCUT2D eigenvalue weighted by Crippen LogP contribution is -1.94. The molecular formula is C16H14O2S. The van der Waals surface area contributed by atoms with E-state index in [9.17, 15) is 8.42 Å². The predicted molar refractivity (Wildman–Crippen MR) is 78.2 cm³/mol. The molecule has 2 rings (SSSR count). The molecule has 2 aromatic rings. The Balaban J connectivity index is 2.09. The molecule has 96 valence electrons. The first-order chi connectivity index (χ1) is 9.18.